The zero-order valence-corrected chi connectivity index (χ0v) is 23.9. The van der Waals surface area contributed by atoms with Gasteiger partial charge in [-0.1, -0.05) is 47.6 Å². The van der Waals surface area contributed by atoms with E-state index < -0.39 is 40.9 Å². The highest BCUT2D eigenvalue weighted by Gasteiger charge is 2.44. The van der Waals surface area contributed by atoms with Crippen LogP contribution in [0.25, 0.3) is 0 Å². The van der Waals surface area contributed by atoms with Gasteiger partial charge in [-0.25, -0.2) is 13.2 Å². The Kier molecular flexibility index (Phi) is 9.79. The van der Waals surface area contributed by atoms with Crippen LogP contribution in [0, 0.1) is 5.92 Å². The molecule has 1 amide bonds. The average molecular weight is 591 g/mol. The van der Waals surface area contributed by atoms with Crippen molar-refractivity contribution in [1.29, 1.82) is 0 Å². The zero-order valence-electron chi connectivity index (χ0n) is 23.1. The monoisotopic (exact) mass is 590 g/mol. The molecule has 0 spiro atoms. The minimum atomic E-state index is -4.15. The van der Waals surface area contributed by atoms with Gasteiger partial charge in [-0.3, -0.25) is 4.84 Å². The van der Waals surface area contributed by atoms with E-state index in [-0.39, 0.29) is 36.2 Å². The Balaban J connectivity index is 1.33. The first kappa shape index (κ1) is 29.7. The summed E-state index contributed by atoms with van der Waals surface area (Å²) in [4.78, 5) is 19.0. The van der Waals surface area contributed by atoms with E-state index in [9.17, 15) is 18.3 Å². The Bertz CT molecular complexity index is 1240. The summed E-state index contributed by atoms with van der Waals surface area (Å²) in [5.74, 6) is 0.476. The third-order valence-electron chi connectivity index (χ3n) is 7.84. The molecule has 2 N–H and O–H groups in total. The smallest absolute Gasteiger partial charge is 0.407 e. The van der Waals surface area contributed by atoms with Gasteiger partial charge >= 0.3 is 6.09 Å². The van der Waals surface area contributed by atoms with Crippen molar-refractivity contribution in [3.8, 4) is 5.75 Å². The van der Waals surface area contributed by atoms with Crippen LogP contribution >= 0.6 is 0 Å². The number of hydrogen-bond donors (Lipinski definition) is 2. The van der Waals surface area contributed by atoms with E-state index in [1.165, 1.54) is 19.2 Å². The molecule has 1 saturated carbocycles. The highest BCUT2D eigenvalue weighted by Crippen LogP contribution is 2.33. The van der Waals surface area contributed by atoms with Crippen molar-refractivity contribution < 1.29 is 42.1 Å². The van der Waals surface area contributed by atoms with Crippen molar-refractivity contribution in [3.05, 3.63) is 60.2 Å². The fraction of sp³-hybridized carbons (Fsp3) is 0.552. The molecule has 12 heteroatoms. The Labute approximate surface area is 240 Å². The van der Waals surface area contributed by atoms with Gasteiger partial charge in [0.05, 0.1) is 55.9 Å². The van der Waals surface area contributed by atoms with Crippen LogP contribution in [0.2, 0.25) is 0 Å². The second kappa shape index (κ2) is 13.5. The molecule has 0 bridgehead atoms. The van der Waals surface area contributed by atoms with E-state index >= 15 is 0 Å². The molecule has 0 aromatic heterocycles. The quantitative estimate of drug-likeness (QED) is 0.358. The number of alkyl carbamates (subject to hydrolysis) is 1. The summed E-state index contributed by atoms with van der Waals surface area (Å²) in [6.45, 7) is 0.386. The molecule has 2 aromatic carbocycles. The molecular weight excluding hydrogens is 552 g/mol. The first-order valence-corrected chi connectivity index (χ1v) is 15.5. The number of sulfonamides is 1. The molecule has 2 aromatic rings. The number of hydroxylamine groups is 1. The lowest BCUT2D eigenvalue weighted by Crippen LogP contribution is -2.51. The molecule has 3 fully saturated rings. The number of nitrogens with zero attached hydrogens (tertiary/aromatic N) is 1. The van der Waals surface area contributed by atoms with Crippen molar-refractivity contribution >= 4 is 16.1 Å². The molecule has 224 valence electrons. The maximum Gasteiger partial charge on any atom is 0.407 e. The number of carbonyl (C=O) groups excluding carboxylic acids is 1. The summed E-state index contributed by atoms with van der Waals surface area (Å²) >= 11 is 0. The van der Waals surface area contributed by atoms with Crippen LogP contribution in [0.5, 0.6) is 5.75 Å². The number of carbonyl (C=O) groups is 1. The Morgan fingerprint density at radius 1 is 1.07 bits per heavy atom. The van der Waals surface area contributed by atoms with E-state index in [2.05, 4.69) is 5.32 Å². The molecule has 3 aliphatic rings. The van der Waals surface area contributed by atoms with Gasteiger partial charge in [0.15, 0.2) is 6.29 Å². The maximum absolute atomic E-state index is 13.7. The zero-order chi connectivity index (χ0) is 28.8. The molecule has 1 aliphatic carbocycles. The summed E-state index contributed by atoms with van der Waals surface area (Å²) in [5.41, 5.74) is 0.853. The van der Waals surface area contributed by atoms with E-state index in [0.717, 1.165) is 42.1 Å². The van der Waals surface area contributed by atoms with Gasteiger partial charge in [0, 0.05) is 0 Å². The summed E-state index contributed by atoms with van der Waals surface area (Å²) in [6, 6.07) is 14.4. The fourth-order valence-corrected chi connectivity index (χ4v) is 6.82. The predicted molar refractivity (Wildman–Crippen MR) is 147 cm³/mol. The summed E-state index contributed by atoms with van der Waals surface area (Å²) in [5, 5.41) is 14.2. The topological polar surface area (TPSA) is 133 Å². The number of ether oxygens (including phenoxy) is 4. The molecule has 11 nitrogen and oxygen atoms in total. The van der Waals surface area contributed by atoms with Crippen LogP contribution in [0.1, 0.15) is 37.7 Å². The van der Waals surface area contributed by atoms with E-state index in [4.69, 9.17) is 23.8 Å². The molecule has 0 radical (unpaired) electrons. The number of amides is 1. The lowest BCUT2D eigenvalue weighted by Gasteiger charge is -2.31. The Morgan fingerprint density at radius 2 is 1.80 bits per heavy atom. The summed E-state index contributed by atoms with van der Waals surface area (Å²) < 4.78 is 50.2. The lowest BCUT2D eigenvalue weighted by atomic mass is 10.0. The molecule has 5 rings (SSSR count). The molecule has 2 unspecified atom stereocenters. The van der Waals surface area contributed by atoms with Gasteiger partial charge in [0.1, 0.15) is 11.9 Å². The second-order valence-corrected chi connectivity index (χ2v) is 12.5. The van der Waals surface area contributed by atoms with E-state index in [1.807, 2.05) is 30.3 Å². The van der Waals surface area contributed by atoms with Crippen LogP contribution in [0.4, 0.5) is 4.79 Å². The number of aliphatic hydroxyl groups is 1. The Hall–Kier alpha value is -2.74. The number of fused-ring (bicyclic) bond motifs is 1. The lowest BCUT2D eigenvalue weighted by molar-refractivity contribution is -0.145. The minimum Gasteiger partial charge on any atom is -0.497 e. The second-order valence-electron chi connectivity index (χ2n) is 10.7. The van der Waals surface area contributed by atoms with Gasteiger partial charge in [0.2, 0.25) is 0 Å². The maximum atomic E-state index is 13.7. The average Bonchev–Trinajstić information content (AvgIpc) is 3.74. The van der Waals surface area contributed by atoms with Crippen LogP contribution in [-0.2, 0) is 35.5 Å². The third-order valence-corrected chi connectivity index (χ3v) is 9.48. The third kappa shape index (κ3) is 7.37. The number of methoxy groups -OCH3 is 1. The first-order valence-electron chi connectivity index (χ1n) is 14.1. The number of nitrogens with one attached hydrogen (secondary N) is 1. The number of benzene rings is 2. The first-order chi connectivity index (χ1) is 19.8. The van der Waals surface area contributed by atoms with Crippen LogP contribution < -0.4 is 10.1 Å². The van der Waals surface area contributed by atoms with Crippen LogP contribution in [0.15, 0.2) is 59.5 Å². The van der Waals surface area contributed by atoms with Gasteiger partial charge in [0.25, 0.3) is 10.0 Å². The molecular formula is C29H38N2O9S. The van der Waals surface area contributed by atoms with Gasteiger partial charge in [-0.15, -0.1) is 0 Å². The van der Waals surface area contributed by atoms with Crippen molar-refractivity contribution in [2.24, 2.45) is 5.92 Å². The standard InChI is InChI=1S/C29H38N2O9S/c1-36-21-11-13-23(14-12-21)41(34,35)31(40-22-9-5-6-10-22)18-26(32)25(17-20-7-3-2-4-8-20)30-29(33)39-27-19-38-28-24(27)15-16-37-28/h2-4,7-8,11-14,22,24-28,32H,5-6,9-10,15-19H2,1H3,(H,30,33)/t24?,25-,26+,27+,28?/m0/s1. The Morgan fingerprint density at radius 3 is 2.51 bits per heavy atom. The predicted octanol–water partition coefficient (Wildman–Crippen LogP) is 3.02. The highest BCUT2D eigenvalue weighted by atomic mass is 32.2. The van der Waals surface area contributed by atoms with Gasteiger partial charge in [-0.2, -0.15) is 0 Å². The van der Waals surface area contributed by atoms with Crippen molar-refractivity contribution in [2.45, 2.75) is 74.1 Å². The van der Waals surface area contributed by atoms with Crippen molar-refractivity contribution in [2.75, 3.05) is 26.9 Å². The van der Waals surface area contributed by atoms with Crippen LogP contribution in [0.3, 0.4) is 0 Å². The van der Waals surface area contributed by atoms with E-state index in [0.29, 0.717) is 12.4 Å². The SMILES string of the molecule is COc1ccc(S(=O)(=O)N(C[C@@H](O)[C@H](Cc2ccccc2)NC(=O)O[C@@H]2COC3OCCC32)OC2CCCC2)cc1. The number of rotatable bonds is 12. The fourth-order valence-electron chi connectivity index (χ4n) is 5.52. The highest BCUT2D eigenvalue weighted by molar-refractivity contribution is 7.89. The molecule has 2 heterocycles. The summed E-state index contributed by atoms with van der Waals surface area (Å²) in [6.07, 6.45) is 1.13. The molecule has 2 aliphatic heterocycles. The summed E-state index contributed by atoms with van der Waals surface area (Å²) in [7, 11) is -2.65. The molecule has 5 atom stereocenters. The molecule has 2 saturated heterocycles. The van der Waals surface area contributed by atoms with Gasteiger partial charge < -0.3 is 29.4 Å². The van der Waals surface area contributed by atoms with E-state index in [1.54, 1.807) is 12.1 Å². The largest absolute Gasteiger partial charge is 0.497 e. The number of aliphatic hydroxyl groups excluding tert-OH is 1. The van der Waals surface area contributed by atoms with Crippen molar-refractivity contribution in [1.82, 2.24) is 9.79 Å². The normalized spacial score (nSPS) is 24.2. The van der Waals surface area contributed by atoms with Gasteiger partial charge in [-0.05, 0) is 55.5 Å². The van der Waals surface area contributed by atoms with Crippen LogP contribution in [-0.4, -0.2) is 81.6 Å². The minimum absolute atomic E-state index is 0.00467. The molecule has 41 heavy (non-hydrogen) atoms. The number of hydrogen-bond acceptors (Lipinski definition) is 9. The van der Waals surface area contributed by atoms with Crippen molar-refractivity contribution in [3.63, 3.8) is 0 Å².